The van der Waals surface area contributed by atoms with E-state index in [0.29, 0.717) is 12.5 Å². The van der Waals surface area contributed by atoms with Crippen molar-refractivity contribution >= 4 is 5.82 Å². The predicted molar refractivity (Wildman–Crippen MR) is 65.3 cm³/mol. The molecule has 0 aliphatic carbocycles. The zero-order chi connectivity index (χ0) is 11.3. The van der Waals surface area contributed by atoms with Gasteiger partial charge in [0.15, 0.2) is 0 Å². The molecule has 0 aliphatic heterocycles. The van der Waals surface area contributed by atoms with Crippen LogP contribution in [0.25, 0.3) is 0 Å². The molecule has 0 saturated heterocycles. The predicted octanol–water partition coefficient (Wildman–Crippen LogP) is 1.99. The number of anilines is 1. The maximum absolute atomic E-state index is 5.66. The van der Waals surface area contributed by atoms with Gasteiger partial charge in [-0.3, -0.25) is 0 Å². The molecule has 15 heavy (non-hydrogen) atoms. The Bertz CT molecular complexity index is 295. The molecular weight excluding hydrogens is 186 g/mol. The number of pyridine rings is 1. The maximum Gasteiger partial charge on any atom is 0.128 e. The van der Waals surface area contributed by atoms with Crippen molar-refractivity contribution in [3.8, 4) is 0 Å². The Morgan fingerprint density at radius 1 is 1.40 bits per heavy atom. The van der Waals surface area contributed by atoms with Crippen LogP contribution in [-0.2, 0) is 0 Å². The lowest BCUT2D eigenvalue weighted by Gasteiger charge is -2.21. The van der Waals surface area contributed by atoms with E-state index in [1.54, 1.807) is 0 Å². The van der Waals surface area contributed by atoms with Crippen molar-refractivity contribution in [3.63, 3.8) is 0 Å². The lowest BCUT2D eigenvalue weighted by molar-refractivity contribution is 0.767. The molecule has 1 rings (SSSR count). The average molecular weight is 207 g/mol. The first-order valence-corrected chi connectivity index (χ1v) is 5.63. The minimum Gasteiger partial charge on any atom is -0.357 e. The minimum absolute atomic E-state index is 0.405. The molecule has 3 nitrogen and oxygen atoms in total. The molecule has 0 saturated carbocycles. The Morgan fingerprint density at radius 2 is 2.07 bits per heavy atom. The maximum atomic E-state index is 5.66. The quantitative estimate of drug-likeness (QED) is 0.803. The van der Waals surface area contributed by atoms with Gasteiger partial charge in [-0.15, -0.1) is 0 Å². The van der Waals surface area contributed by atoms with E-state index in [2.05, 4.69) is 36.7 Å². The van der Waals surface area contributed by atoms with Crippen molar-refractivity contribution < 1.29 is 0 Å². The van der Waals surface area contributed by atoms with Crippen LogP contribution in [0, 0.1) is 0 Å². The first kappa shape index (κ1) is 12.0. The molecule has 0 aliphatic rings. The number of hydrogen-bond acceptors (Lipinski definition) is 3. The highest BCUT2D eigenvalue weighted by atomic mass is 15.2. The van der Waals surface area contributed by atoms with E-state index in [9.17, 15) is 0 Å². The van der Waals surface area contributed by atoms with Crippen LogP contribution >= 0.6 is 0 Å². The monoisotopic (exact) mass is 207 g/mol. The molecule has 84 valence electrons. The summed E-state index contributed by atoms with van der Waals surface area (Å²) in [5.74, 6) is 1.46. The molecule has 1 aromatic heterocycles. The summed E-state index contributed by atoms with van der Waals surface area (Å²) in [7, 11) is 0. The van der Waals surface area contributed by atoms with E-state index in [1.165, 1.54) is 5.56 Å². The number of rotatable bonds is 5. The molecule has 1 heterocycles. The summed E-state index contributed by atoms with van der Waals surface area (Å²) in [6.07, 6.45) is 1.87. The van der Waals surface area contributed by atoms with Gasteiger partial charge in [0.2, 0.25) is 0 Å². The molecule has 2 N–H and O–H groups in total. The summed E-state index contributed by atoms with van der Waals surface area (Å²) in [6, 6.07) is 4.19. The number of aromatic nitrogens is 1. The Balaban J connectivity index is 2.91. The van der Waals surface area contributed by atoms with Gasteiger partial charge in [-0.05, 0) is 44.0 Å². The zero-order valence-corrected chi connectivity index (χ0v) is 9.90. The van der Waals surface area contributed by atoms with Gasteiger partial charge in [-0.25, -0.2) is 4.98 Å². The van der Waals surface area contributed by atoms with Crippen molar-refractivity contribution in [1.29, 1.82) is 0 Å². The summed E-state index contributed by atoms with van der Waals surface area (Å²) < 4.78 is 0. The fourth-order valence-corrected chi connectivity index (χ4v) is 1.60. The summed E-state index contributed by atoms with van der Waals surface area (Å²) in [5, 5.41) is 0. The summed E-state index contributed by atoms with van der Waals surface area (Å²) in [4.78, 5) is 6.63. The number of hydrogen-bond donors (Lipinski definition) is 1. The molecule has 3 heteroatoms. The van der Waals surface area contributed by atoms with Crippen molar-refractivity contribution in [2.24, 2.45) is 5.73 Å². The number of nitrogens with zero attached hydrogens (tertiary/aromatic N) is 2. The van der Waals surface area contributed by atoms with Gasteiger partial charge in [0.25, 0.3) is 0 Å². The standard InChI is InChI=1S/C12H21N3/c1-4-15(5-2)12-8-11(6-7-14-12)10(3)9-13/h6-8,10H,4-5,9,13H2,1-3H3. The molecule has 0 radical (unpaired) electrons. The summed E-state index contributed by atoms with van der Waals surface area (Å²) in [6.45, 7) is 9.09. The fourth-order valence-electron chi connectivity index (χ4n) is 1.60. The Kier molecular flexibility index (Phi) is 4.56. The normalized spacial score (nSPS) is 12.5. The van der Waals surface area contributed by atoms with Gasteiger partial charge in [-0.1, -0.05) is 6.92 Å². The van der Waals surface area contributed by atoms with Crippen LogP contribution in [0.4, 0.5) is 5.82 Å². The fraction of sp³-hybridized carbons (Fsp3) is 0.583. The van der Waals surface area contributed by atoms with Gasteiger partial charge in [-0.2, -0.15) is 0 Å². The van der Waals surface area contributed by atoms with Gasteiger partial charge in [0, 0.05) is 19.3 Å². The van der Waals surface area contributed by atoms with Crippen LogP contribution in [0.1, 0.15) is 32.3 Å². The molecule has 0 fully saturated rings. The third-order valence-corrected chi connectivity index (χ3v) is 2.78. The van der Waals surface area contributed by atoms with Crippen LogP contribution in [0.2, 0.25) is 0 Å². The van der Waals surface area contributed by atoms with Crippen molar-refractivity contribution in [1.82, 2.24) is 4.98 Å². The lowest BCUT2D eigenvalue weighted by Crippen LogP contribution is -2.23. The van der Waals surface area contributed by atoms with Crippen LogP contribution < -0.4 is 10.6 Å². The van der Waals surface area contributed by atoms with Crippen molar-refractivity contribution in [2.75, 3.05) is 24.5 Å². The Hall–Kier alpha value is -1.09. The topological polar surface area (TPSA) is 42.1 Å². The van der Waals surface area contributed by atoms with Gasteiger partial charge in [0.05, 0.1) is 0 Å². The SMILES string of the molecule is CCN(CC)c1cc(C(C)CN)ccn1. The van der Waals surface area contributed by atoms with Gasteiger partial charge in [0.1, 0.15) is 5.82 Å². The molecule has 0 bridgehead atoms. The van der Waals surface area contributed by atoms with Crippen molar-refractivity contribution in [3.05, 3.63) is 23.9 Å². The Morgan fingerprint density at radius 3 is 2.60 bits per heavy atom. The molecule has 0 spiro atoms. The smallest absolute Gasteiger partial charge is 0.128 e. The van der Waals surface area contributed by atoms with Crippen molar-refractivity contribution in [2.45, 2.75) is 26.7 Å². The van der Waals surface area contributed by atoms with Gasteiger partial charge < -0.3 is 10.6 Å². The van der Waals surface area contributed by atoms with Gasteiger partial charge >= 0.3 is 0 Å². The highest BCUT2D eigenvalue weighted by Crippen LogP contribution is 2.18. The second kappa shape index (κ2) is 5.71. The van der Waals surface area contributed by atoms with Crippen LogP contribution in [0.15, 0.2) is 18.3 Å². The highest BCUT2D eigenvalue weighted by molar-refractivity contribution is 5.41. The molecule has 1 unspecified atom stereocenters. The van der Waals surface area contributed by atoms with E-state index in [4.69, 9.17) is 5.73 Å². The summed E-state index contributed by atoms with van der Waals surface area (Å²) >= 11 is 0. The van der Waals surface area contributed by atoms with E-state index in [1.807, 2.05) is 12.3 Å². The molecule has 0 amide bonds. The Labute approximate surface area is 92.3 Å². The molecular formula is C12H21N3. The van der Waals surface area contributed by atoms with E-state index in [-0.39, 0.29) is 0 Å². The number of nitrogens with two attached hydrogens (primary N) is 1. The van der Waals surface area contributed by atoms with E-state index in [0.717, 1.165) is 18.9 Å². The largest absolute Gasteiger partial charge is 0.357 e. The van der Waals surface area contributed by atoms with E-state index < -0.39 is 0 Å². The minimum atomic E-state index is 0.405. The van der Waals surface area contributed by atoms with Crippen LogP contribution in [0.5, 0.6) is 0 Å². The molecule has 0 aromatic carbocycles. The second-order valence-corrected chi connectivity index (χ2v) is 3.76. The lowest BCUT2D eigenvalue weighted by atomic mass is 10.0. The van der Waals surface area contributed by atoms with E-state index >= 15 is 0 Å². The second-order valence-electron chi connectivity index (χ2n) is 3.76. The first-order valence-electron chi connectivity index (χ1n) is 5.63. The van der Waals surface area contributed by atoms with Crippen LogP contribution in [-0.4, -0.2) is 24.6 Å². The first-order chi connectivity index (χ1) is 7.22. The van der Waals surface area contributed by atoms with Crippen LogP contribution in [0.3, 0.4) is 0 Å². The average Bonchev–Trinajstić information content (AvgIpc) is 2.30. The third kappa shape index (κ3) is 2.93. The zero-order valence-electron chi connectivity index (χ0n) is 9.90. The summed E-state index contributed by atoms with van der Waals surface area (Å²) in [5.41, 5.74) is 6.93. The highest BCUT2D eigenvalue weighted by Gasteiger charge is 2.07. The molecule has 1 atom stereocenters. The molecule has 1 aromatic rings. The third-order valence-electron chi connectivity index (χ3n) is 2.78.